The largest absolute Gasteiger partial charge is 0.381 e. The summed E-state index contributed by atoms with van der Waals surface area (Å²) in [6, 6.07) is 12.1. The Morgan fingerprint density at radius 2 is 1.94 bits per heavy atom. The van der Waals surface area contributed by atoms with Gasteiger partial charge in [0.05, 0.1) is 27.5 Å². The standard InChI is InChI=1S/C22H17Cl2FN6/c1-12-17(22(24)31(2)30-12)11-27-14-4-6-20-16(7-14)21(13(9-26)10-28-20)29-15-3-5-19(25)18(23)8-15/h3-8,10,27H,11H2,1-2H3,(H,28,29). The summed E-state index contributed by atoms with van der Waals surface area (Å²) >= 11 is 12.2. The summed E-state index contributed by atoms with van der Waals surface area (Å²) in [7, 11) is 1.80. The maximum Gasteiger partial charge on any atom is 0.141 e. The molecule has 0 amide bonds. The first kappa shape index (κ1) is 20.9. The van der Waals surface area contributed by atoms with E-state index in [1.54, 1.807) is 17.8 Å². The monoisotopic (exact) mass is 454 g/mol. The third kappa shape index (κ3) is 4.13. The summed E-state index contributed by atoms with van der Waals surface area (Å²) in [5.74, 6) is -0.511. The van der Waals surface area contributed by atoms with Crippen LogP contribution >= 0.6 is 23.2 Å². The highest BCUT2D eigenvalue weighted by Crippen LogP contribution is 2.32. The molecule has 2 aromatic heterocycles. The average molecular weight is 455 g/mol. The molecule has 31 heavy (non-hydrogen) atoms. The Morgan fingerprint density at radius 1 is 1.16 bits per heavy atom. The minimum atomic E-state index is -0.511. The van der Waals surface area contributed by atoms with Gasteiger partial charge in [-0.15, -0.1) is 0 Å². The zero-order valence-electron chi connectivity index (χ0n) is 16.7. The Bertz CT molecular complexity index is 1340. The second kappa shape index (κ2) is 8.42. The molecule has 6 nitrogen and oxygen atoms in total. The number of pyridine rings is 1. The van der Waals surface area contributed by atoms with Gasteiger partial charge in [0.25, 0.3) is 0 Å². The number of halogens is 3. The molecule has 0 fully saturated rings. The van der Waals surface area contributed by atoms with Gasteiger partial charge in [0.15, 0.2) is 0 Å². The van der Waals surface area contributed by atoms with Crippen molar-refractivity contribution >= 4 is 51.2 Å². The van der Waals surface area contributed by atoms with E-state index in [1.807, 2.05) is 25.1 Å². The lowest BCUT2D eigenvalue weighted by Crippen LogP contribution is -2.02. The molecule has 2 aromatic carbocycles. The molecule has 2 heterocycles. The number of nitrogens with one attached hydrogen (secondary N) is 2. The quantitative estimate of drug-likeness (QED) is 0.389. The van der Waals surface area contributed by atoms with Crippen LogP contribution in [0.15, 0.2) is 42.6 Å². The number of hydrogen-bond donors (Lipinski definition) is 2. The van der Waals surface area contributed by atoms with Crippen LogP contribution in [0, 0.1) is 24.1 Å². The van der Waals surface area contributed by atoms with E-state index in [0.717, 1.165) is 22.3 Å². The number of anilines is 3. The molecular formula is C22H17Cl2FN6. The van der Waals surface area contributed by atoms with Gasteiger partial charge in [-0.2, -0.15) is 10.4 Å². The van der Waals surface area contributed by atoms with Crippen LogP contribution in [0.3, 0.4) is 0 Å². The minimum Gasteiger partial charge on any atom is -0.381 e. The van der Waals surface area contributed by atoms with E-state index in [9.17, 15) is 9.65 Å². The van der Waals surface area contributed by atoms with Crippen LogP contribution in [0.4, 0.5) is 21.5 Å². The third-order valence-electron chi connectivity index (χ3n) is 4.92. The fourth-order valence-electron chi connectivity index (χ4n) is 3.31. The molecule has 0 atom stereocenters. The highest BCUT2D eigenvalue weighted by atomic mass is 35.5. The van der Waals surface area contributed by atoms with Gasteiger partial charge in [0.1, 0.15) is 17.0 Å². The molecule has 4 aromatic rings. The van der Waals surface area contributed by atoms with E-state index < -0.39 is 5.82 Å². The molecule has 0 unspecified atom stereocenters. The Balaban J connectivity index is 1.71. The number of fused-ring (bicyclic) bond motifs is 1. The summed E-state index contributed by atoms with van der Waals surface area (Å²) < 4.78 is 15.2. The molecule has 0 radical (unpaired) electrons. The number of benzene rings is 2. The molecule has 0 saturated heterocycles. The van der Waals surface area contributed by atoms with Crippen LogP contribution in [0.5, 0.6) is 0 Å². The first-order valence-electron chi connectivity index (χ1n) is 9.34. The van der Waals surface area contributed by atoms with Crippen molar-refractivity contribution in [3.05, 3.63) is 75.4 Å². The predicted octanol–water partition coefficient (Wildman–Crippen LogP) is 5.95. The Hall–Kier alpha value is -3.34. The first-order valence-corrected chi connectivity index (χ1v) is 10.1. The lowest BCUT2D eigenvalue weighted by molar-refractivity contribution is 0.628. The lowest BCUT2D eigenvalue weighted by Gasteiger charge is -2.14. The number of aromatic nitrogens is 3. The Labute approximate surface area is 188 Å². The van der Waals surface area contributed by atoms with Crippen LogP contribution in [0.2, 0.25) is 10.2 Å². The molecule has 0 aliphatic carbocycles. The highest BCUT2D eigenvalue weighted by Gasteiger charge is 2.13. The first-order chi connectivity index (χ1) is 14.9. The van der Waals surface area contributed by atoms with E-state index >= 15 is 0 Å². The van der Waals surface area contributed by atoms with Crippen molar-refractivity contribution in [2.75, 3.05) is 10.6 Å². The predicted molar refractivity (Wildman–Crippen MR) is 121 cm³/mol. The van der Waals surface area contributed by atoms with Gasteiger partial charge in [-0.3, -0.25) is 9.67 Å². The smallest absolute Gasteiger partial charge is 0.141 e. The van der Waals surface area contributed by atoms with Crippen molar-refractivity contribution in [3.8, 4) is 6.07 Å². The van der Waals surface area contributed by atoms with Crippen LogP contribution in [0.25, 0.3) is 10.9 Å². The molecule has 9 heteroatoms. The van der Waals surface area contributed by atoms with Gasteiger partial charge in [-0.1, -0.05) is 23.2 Å². The fourth-order valence-corrected chi connectivity index (χ4v) is 3.73. The number of aryl methyl sites for hydroxylation is 2. The molecule has 4 rings (SSSR count). The third-order valence-corrected chi connectivity index (χ3v) is 5.68. The van der Waals surface area contributed by atoms with Crippen molar-refractivity contribution in [2.24, 2.45) is 7.05 Å². The second-order valence-electron chi connectivity index (χ2n) is 6.98. The number of hydrogen-bond acceptors (Lipinski definition) is 5. The lowest BCUT2D eigenvalue weighted by atomic mass is 10.1. The van der Waals surface area contributed by atoms with Crippen molar-refractivity contribution < 1.29 is 4.39 Å². The highest BCUT2D eigenvalue weighted by molar-refractivity contribution is 6.31. The second-order valence-corrected chi connectivity index (χ2v) is 7.74. The molecule has 0 aliphatic rings. The maximum atomic E-state index is 13.5. The molecule has 0 saturated carbocycles. The maximum absolute atomic E-state index is 13.5. The van der Waals surface area contributed by atoms with Gasteiger partial charge in [0, 0.05) is 42.1 Å². The molecule has 156 valence electrons. The zero-order chi connectivity index (χ0) is 22.1. The van der Waals surface area contributed by atoms with Gasteiger partial charge in [-0.25, -0.2) is 4.39 Å². The normalized spacial score (nSPS) is 10.8. The van der Waals surface area contributed by atoms with Crippen LogP contribution < -0.4 is 10.6 Å². The van der Waals surface area contributed by atoms with Crippen molar-refractivity contribution in [1.82, 2.24) is 14.8 Å². The fraction of sp³-hybridized carbons (Fsp3) is 0.136. The van der Waals surface area contributed by atoms with Crippen LogP contribution in [-0.2, 0) is 13.6 Å². The Kier molecular flexibility index (Phi) is 5.68. The molecule has 0 aliphatic heterocycles. The van der Waals surface area contributed by atoms with E-state index in [4.69, 9.17) is 23.2 Å². The molecule has 2 N–H and O–H groups in total. The average Bonchev–Trinajstić information content (AvgIpc) is 3.00. The molecule has 0 bridgehead atoms. The Morgan fingerprint density at radius 3 is 2.61 bits per heavy atom. The topological polar surface area (TPSA) is 78.6 Å². The van der Waals surface area contributed by atoms with E-state index in [1.165, 1.54) is 18.3 Å². The van der Waals surface area contributed by atoms with E-state index in [0.29, 0.717) is 34.2 Å². The van der Waals surface area contributed by atoms with Crippen LogP contribution in [-0.4, -0.2) is 14.8 Å². The minimum absolute atomic E-state index is 0.00653. The summed E-state index contributed by atoms with van der Waals surface area (Å²) in [4.78, 5) is 4.37. The zero-order valence-corrected chi connectivity index (χ0v) is 18.2. The molecular weight excluding hydrogens is 438 g/mol. The summed E-state index contributed by atoms with van der Waals surface area (Å²) in [5, 5.41) is 21.7. The van der Waals surface area contributed by atoms with Gasteiger partial charge >= 0.3 is 0 Å². The summed E-state index contributed by atoms with van der Waals surface area (Å²) in [6.45, 7) is 2.40. The van der Waals surface area contributed by atoms with Gasteiger partial charge < -0.3 is 10.6 Å². The number of nitrogens with zero attached hydrogens (tertiary/aromatic N) is 4. The number of rotatable bonds is 5. The van der Waals surface area contributed by atoms with Crippen LogP contribution in [0.1, 0.15) is 16.8 Å². The van der Waals surface area contributed by atoms with Gasteiger partial charge in [0.2, 0.25) is 0 Å². The van der Waals surface area contributed by atoms with Crippen molar-refractivity contribution in [3.63, 3.8) is 0 Å². The van der Waals surface area contributed by atoms with Crippen molar-refractivity contribution in [2.45, 2.75) is 13.5 Å². The van der Waals surface area contributed by atoms with E-state index in [2.05, 4.69) is 26.8 Å². The summed E-state index contributed by atoms with van der Waals surface area (Å²) in [5.41, 5.74) is 4.77. The van der Waals surface area contributed by atoms with Gasteiger partial charge in [-0.05, 0) is 43.3 Å². The molecule has 0 spiro atoms. The number of nitriles is 1. The summed E-state index contributed by atoms with van der Waals surface area (Å²) in [6.07, 6.45) is 1.50. The van der Waals surface area contributed by atoms with Crippen molar-refractivity contribution in [1.29, 1.82) is 5.26 Å². The SMILES string of the molecule is Cc1nn(C)c(Cl)c1CNc1ccc2ncc(C#N)c(Nc3ccc(F)c(Cl)c3)c2c1. The van der Waals surface area contributed by atoms with E-state index in [-0.39, 0.29) is 5.02 Å².